The van der Waals surface area contributed by atoms with Crippen LogP contribution in [0.1, 0.15) is 29.7 Å². The summed E-state index contributed by atoms with van der Waals surface area (Å²) in [6.45, 7) is 2.39. The molecular weight excluding hydrogens is 392 g/mol. The number of sulfonamides is 1. The van der Waals surface area contributed by atoms with Crippen molar-refractivity contribution in [2.45, 2.75) is 37.1 Å². The van der Waals surface area contributed by atoms with Gasteiger partial charge in [-0.3, -0.25) is 4.99 Å². The first-order valence-electron chi connectivity index (χ1n) is 9.66. The lowest BCUT2D eigenvalue weighted by molar-refractivity contribution is 0.346. The average Bonchev–Trinajstić information content (AvgIpc) is 3.25. The number of piperidine rings is 1. The van der Waals surface area contributed by atoms with E-state index in [-0.39, 0.29) is 0 Å². The first kappa shape index (κ1) is 20.8. The van der Waals surface area contributed by atoms with Gasteiger partial charge in [0.15, 0.2) is 5.96 Å². The summed E-state index contributed by atoms with van der Waals surface area (Å²) in [5, 5.41) is 8.60. The van der Waals surface area contributed by atoms with Gasteiger partial charge in [-0.15, -0.1) is 11.3 Å². The maximum atomic E-state index is 13.1. The molecule has 28 heavy (non-hydrogen) atoms. The minimum absolute atomic E-state index is 0.387. The van der Waals surface area contributed by atoms with Crippen molar-refractivity contribution < 1.29 is 8.42 Å². The third-order valence-electron chi connectivity index (χ3n) is 4.82. The summed E-state index contributed by atoms with van der Waals surface area (Å²) >= 11 is 1.74. The lowest BCUT2D eigenvalue weighted by Crippen LogP contribution is -2.39. The van der Waals surface area contributed by atoms with Gasteiger partial charge in [0.25, 0.3) is 0 Å². The molecule has 0 spiro atoms. The van der Waals surface area contributed by atoms with E-state index in [9.17, 15) is 8.42 Å². The number of nitrogens with zero attached hydrogens (tertiary/aromatic N) is 2. The molecule has 8 heteroatoms. The Morgan fingerprint density at radius 1 is 1.11 bits per heavy atom. The van der Waals surface area contributed by atoms with Gasteiger partial charge in [0.1, 0.15) is 0 Å². The second-order valence-corrected chi connectivity index (χ2v) is 9.69. The molecule has 2 N–H and O–H groups in total. The third-order valence-corrected chi connectivity index (χ3v) is 7.75. The van der Waals surface area contributed by atoms with Crippen molar-refractivity contribution in [3.8, 4) is 0 Å². The van der Waals surface area contributed by atoms with Crippen molar-refractivity contribution >= 4 is 27.3 Å². The Balaban J connectivity index is 1.62. The summed E-state index contributed by atoms with van der Waals surface area (Å²) in [4.78, 5) is 5.95. The smallest absolute Gasteiger partial charge is 0.243 e. The summed E-state index contributed by atoms with van der Waals surface area (Å²) in [5.41, 5.74) is 0.759. The van der Waals surface area contributed by atoms with Gasteiger partial charge in [-0.05, 0) is 42.3 Å². The van der Waals surface area contributed by atoms with Gasteiger partial charge in [0.05, 0.1) is 4.90 Å². The van der Waals surface area contributed by atoms with Crippen molar-refractivity contribution in [3.63, 3.8) is 0 Å². The number of hydrogen-bond acceptors (Lipinski definition) is 4. The quantitative estimate of drug-likeness (QED) is 0.534. The molecule has 0 bridgehead atoms. The van der Waals surface area contributed by atoms with Crippen LogP contribution in [0.4, 0.5) is 0 Å². The molecule has 152 valence electrons. The molecule has 6 nitrogen and oxygen atoms in total. The zero-order chi connectivity index (χ0) is 19.8. The lowest BCUT2D eigenvalue weighted by atomic mass is 10.2. The van der Waals surface area contributed by atoms with Gasteiger partial charge in [-0.25, -0.2) is 8.42 Å². The van der Waals surface area contributed by atoms with Crippen molar-refractivity contribution in [2.75, 3.05) is 26.7 Å². The van der Waals surface area contributed by atoms with Gasteiger partial charge in [0, 0.05) is 38.1 Å². The van der Waals surface area contributed by atoms with Gasteiger partial charge in [-0.1, -0.05) is 30.7 Å². The number of hydrogen-bond donors (Lipinski definition) is 2. The Labute approximate surface area is 171 Å². The molecule has 0 aliphatic carbocycles. The molecule has 3 rings (SSSR count). The number of thiophene rings is 1. The van der Waals surface area contributed by atoms with Crippen molar-refractivity contribution in [1.29, 1.82) is 0 Å². The maximum absolute atomic E-state index is 13.1. The van der Waals surface area contributed by atoms with Crippen LogP contribution >= 0.6 is 11.3 Å². The molecule has 0 atom stereocenters. The van der Waals surface area contributed by atoms with E-state index in [0.29, 0.717) is 30.5 Å². The van der Waals surface area contributed by atoms with E-state index in [2.05, 4.69) is 27.1 Å². The van der Waals surface area contributed by atoms with Crippen LogP contribution in [0.2, 0.25) is 0 Å². The molecule has 2 heterocycles. The molecule has 1 saturated heterocycles. The summed E-state index contributed by atoms with van der Waals surface area (Å²) in [6.07, 6.45) is 3.89. The molecule has 0 saturated carbocycles. The monoisotopic (exact) mass is 420 g/mol. The highest BCUT2D eigenvalue weighted by Gasteiger charge is 2.27. The third kappa shape index (κ3) is 5.33. The Kier molecular flexibility index (Phi) is 7.47. The summed E-state index contributed by atoms with van der Waals surface area (Å²) in [7, 11) is -1.74. The SMILES string of the molecule is CN=C(NCCc1cccs1)NCc1ccccc1S(=O)(=O)N1CCCCC1. The molecule has 1 aromatic carbocycles. The fraction of sp³-hybridized carbons (Fsp3) is 0.450. The molecule has 1 aliphatic heterocycles. The van der Waals surface area contributed by atoms with Crippen LogP contribution in [-0.4, -0.2) is 45.4 Å². The summed E-state index contributed by atoms with van der Waals surface area (Å²) < 4.78 is 27.8. The number of aliphatic imine (C=N–C) groups is 1. The van der Waals surface area contributed by atoms with E-state index < -0.39 is 10.0 Å². The molecule has 1 fully saturated rings. The number of benzene rings is 1. The summed E-state index contributed by atoms with van der Waals surface area (Å²) in [5.74, 6) is 0.668. The van der Waals surface area contributed by atoms with Crippen LogP contribution < -0.4 is 10.6 Å². The minimum Gasteiger partial charge on any atom is -0.356 e. The fourth-order valence-corrected chi connectivity index (χ4v) is 5.75. The number of nitrogens with one attached hydrogen (secondary N) is 2. The van der Waals surface area contributed by atoms with Crippen LogP contribution in [0.3, 0.4) is 0 Å². The number of rotatable bonds is 7. The molecule has 1 aliphatic rings. The molecule has 0 amide bonds. The zero-order valence-electron chi connectivity index (χ0n) is 16.2. The lowest BCUT2D eigenvalue weighted by Gasteiger charge is -2.27. The zero-order valence-corrected chi connectivity index (χ0v) is 17.9. The van der Waals surface area contributed by atoms with E-state index in [0.717, 1.165) is 37.8 Å². The molecular formula is C20H28N4O2S2. The van der Waals surface area contributed by atoms with E-state index in [4.69, 9.17) is 0 Å². The van der Waals surface area contributed by atoms with Gasteiger partial charge in [-0.2, -0.15) is 4.31 Å². The van der Waals surface area contributed by atoms with Crippen LogP contribution in [0.5, 0.6) is 0 Å². The van der Waals surface area contributed by atoms with Gasteiger partial charge >= 0.3 is 0 Å². The van der Waals surface area contributed by atoms with Gasteiger partial charge < -0.3 is 10.6 Å². The van der Waals surface area contributed by atoms with E-state index in [1.165, 1.54) is 4.88 Å². The normalized spacial score (nSPS) is 16.1. The largest absolute Gasteiger partial charge is 0.356 e. The second-order valence-electron chi connectivity index (χ2n) is 6.75. The number of guanidine groups is 1. The standard InChI is InChI=1S/C20H28N4O2S2/c1-21-20(22-12-11-18-9-7-15-27-18)23-16-17-8-3-4-10-19(17)28(25,26)24-13-5-2-6-14-24/h3-4,7-10,15H,2,5-6,11-14,16H2,1H3,(H2,21,22,23). The second kappa shape index (κ2) is 10.0. The van der Waals surface area contributed by atoms with Crippen LogP contribution in [0, 0.1) is 0 Å². The van der Waals surface area contributed by atoms with E-state index in [1.54, 1.807) is 34.8 Å². The van der Waals surface area contributed by atoms with Crippen LogP contribution in [-0.2, 0) is 23.0 Å². The maximum Gasteiger partial charge on any atom is 0.243 e. The average molecular weight is 421 g/mol. The first-order chi connectivity index (χ1) is 13.6. The predicted octanol–water partition coefficient (Wildman–Crippen LogP) is 2.83. The van der Waals surface area contributed by atoms with Crippen molar-refractivity contribution in [1.82, 2.24) is 14.9 Å². The topological polar surface area (TPSA) is 73.8 Å². The van der Waals surface area contributed by atoms with Crippen LogP contribution in [0.15, 0.2) is 51.7 Å². The molecule has 2 aromatic rings. The van der Waals surface area contributed by atoms with Gasteiger partial charge in [0.2, 0.25) is 10.0 Å². The molecule has 0 radical (unpaired) electrons. The Morgan fingerprint density at radius 2 is 1.89 bits per heavy atom. The predicted molar refractivity (Wildman–Crippen MR) is 115 cm³/mol. The van der Waals surface area contributed by atoms with Crippen molar-refractivity contribution in [2.24, 2.45) is 4.99 Å². The Morgan fingerprint density at radius 3 is 2.61 bits per heavy atom. The highest BCUT2D eigenvalue weighted by atomic mass is 32.2. The minimum atomic E-state index is -3.46. The van der Waals surface area contributed by atoms with E-state index in [1.807, 2.05) is 18.2 Å². The molecule has 1 aromatic heterocycles. The molecule has 0 unspecified atom stereocenters. The fourth-order valence-electron chi connectivity index (χ4n) is 3.30. The summed E-state index contributed by atoms with van der Waals surface area (Å²) in [6, 6.07) is 11.4. The Hall–Kier alpha value is -1.90. The highest BCUT2D eigenvalue weighted by molar-refractivity contribution is 7.89. The highest BCUT2D eigenvalue weighted by Crippen LogP contribution is 2.23. The van der Waals surface area contributed by atoms with Crippen LogP contribution in [0.25, 0.3) is 0 Å². The van der Waals surface area contributed by atoms with Crippen molar-refractivity contribution in [3.05, 3.63) is 52.2 Å². The van der Waals surface area contributed by atoms with E-state index >= 15 is 0 Å². The Bertz CT molecular complexity index is 873. The first-order valence-corrected chi connectivity index (χ1v) is 12.0.